The molecule has 26 heavy (non-hydrogen) atoms. The molecule has 2 aliphatic rings. The Morgan fingerprint density at radius 2 is 1.73 bits per heavy atom. The lowest BCUT2D eigenvalue weighted by Gasteiger charge is -2.35. The lowest BCUT2D eigenvalue weighted by Crippen LogP contribution is -2.49. The summed E-state index contributed by atoms with van der Waals surface area (Å²) in [5, 5.41) is 0. The van der Waals surface area contributed by atoms with Gasteiger partial charge in [-0.25, -0.2) is 4.98 Å². The third-order valence-corrected chi connectivity index (χ3v) is 5.17. The first-order valence-electron chi connectivity index (χ1n) is 9.39. The van der Waals surface area contributed by atoms with Crippen LogP contribution < -0.4 is 9.80 Å². The minimum absolute atomic E-state index is 0.119. The highest BCUT2D eigenvalue weighted by atomic mass is 16.2. The average molecular weight is 351 g/mol. The van der Waals surface area contributed by atoms with Crippen LogP contribution in [0.1, 0.15) is 28.8 Å². The molecule has 0 saturated carbocycles. The van der Waals surface area contributed by atoms with Gasteiger partial charge in [-0.1, -0.05) is 17.7 Å². The molecule has 1 amide bonds. The number of aromatic nitrogens is 2. The molecule has 0 aliphatic carbocycles. The molecular formula is C20H25N5O. The van der Waals surface area contributed by atoms with E-state index in [0.717, 1.165) is 62.2 Å². The predicted molar refractivity (Wildman–Crippen MR) is 103 cm³/mol. The Hall–Kier alpha value is -2.63. The van der Waals surface area contributed by atoms with Gasteiger partial charge in [0.25, 0.3) is 5.91 Å². The smallest absolute Gasteiger partial charge is 0.253 e. The van der Waals surface area contributed by atoms with Crippen molar-refractivity contribution in [3.8, 4) is 0 Å². The van der Waals surface area contributed by atoms with Gasteiger partial charge in [0.1, 0.15) is 5.82 Å². The molecule has 0 spiro atoms. The molecule has 136 valence electrons. The molecule has 6 heteroatoms. The van der Waals surface area contributed by atoms with Crippen LogP contribution in [0.4, 0.5) is 11.8 Å². The fourth-order valence-electron chi connectivity index (χ4n) is 3.68. The molecular weight excluding hydrogens is 326 g/mol. The number of piperazine rings is 1. The van der Waals surface area contributed by atoms with Crippen molar-refractivity contribution in [2.75, 3.05) is 49.1 Å². The standard InChI is InChI=1S/C20H25N5O/c1-16-5-4-6-17(15-16)19(26)24-13-11-23(12-14-24)18-7-8-21-20(22-18)25-9-2-3-10-25/h4-8,15H,2-3,9-14H2,1H3. The zero-order valence-electron chi connectivity index (χ0n) is 15.3. The zero-order valence-corrected chi connectivity index (χ0v) is 15.3. The van der Waals surface area contributed by atoms with E-state index in [9.17, 15) is 4.79 Å². The Morgan fingerprint density at radius 3 is 2.46 bits per heavy atom. The first kappa shape index (κ1) is 16.8. The summed E-state index contributed by atoms with van der Waals surface area (Å²) < 4.78 is 0. The Bertz CT molecular complexity index is 779. The molecule has 1 aromatic carbocycles. The van der Waals surface area contributed by atoms with Gasteiger partial charge in [0.15, 0.2) is 0 Å². The molecule has 0 unspecified atom stereocenters. The molecule has 2 aliphatic heterocycles. The van der Waals surface area contributed by atoms with Crippen molar-refractivity contribution in [1.82, 2.24) is 14.9 Å². The normalized spacial score (nSPS) is 17.7. The van der Waals surface area contributed by atoms with Gasteiger partial charge in [-0.2, -0.15) is 4.98 Å². The van der Waals surface area contributed by atoms with E-state index in [1.165, 1.54) is 12.8 Å². The third kappa shape index (κ3) is 3.49. The van der Waals surface area contributed by atoms with Crippen LogP contribution in [0.2, 0.25) is 0 Å². The SMILES string of the molecule is Cc1cccc(C(=O)N2CCN(c3ccnc(N4CCCC4)n3)CC2)c1. The summed E-state index contributed by atoms with van der Waals surface area (Å²) in [7, 11) is 0. The van der Waals surface area contributed by atoms with Crippen molar-refractivity contribution in [2.24, 2.45) is 0 Å². The minimum Gasteiger partial charge on any atom is -0.353 e. The van der Waals surface area contributed by atoms with Gasteiger partial charge in [0, 0.05) is 51.0 Å². The van der Waals surface area contributed by atoms with Gasteiger partial charge in [0.2, 0.25) is 5.95 Å². The summed E-state index contributed by atoms with van der Waals surface area (Å²) in [6.07, 6.45) is 4.28. The summed E-state index contributed by atoms with van der Waals surface area (Å²) in [6, 6.07) is 9.79. The number of benzene rings is 1. The topological polar surface area (TPSA) is 52.6 Å². The van der Waals surface area contributed by atoms with Crippen LogP contribution in [0.15, 0.2) is 36.5 Å². The van der Waals surface area contributed by atoms with Gasteiger partial charge in [0.05, 0.1) is 0 Å². The lowest BCUT2D eigenvalue weighted by molar-refractivity contribution is 0.0746. The summed E-state index contributed by atoms with van der Waals surface area (Å²) in [5.41, 5.74) is 1.89. The van der Waals surface area contributed by atoms with E-state index >= 15 is 0 Å². The van der Waals surface area contributed by atoms with E-state index in [1.807, 2.05) is 48.4 Å². The van der Waals surface area contributed by atoms with Gasteiger partial charge in [-0.3, -0.25) is 4.79 Å². The summed E-state index contributed by atoms with van der Waals surface area (Å²) >= 11 is 0. The average Bonchev–Trinajstić information content (AvgIpc) is 3.23. The lowest BCUT2D eigenvalue weighted by atomic mass is 10.1. The molecule has 3 heterocycles. The van der Waals surface area contributed by atoms with Crippen molar-refractivity contribution >= 4 is 17.7 Å². The van der Waals surface area contributed by atoms with Crippen molar-refractivity contribution in [1.29, 1.82) is 0 Å². The molecule has 0 bridgehead atoms. The van der Waals surface area contributed by atoms with Gasteiger partial charge >= 0.3 is 0 Å². The van der Waals surface area contributed by atoms with E-state index < -0.39 is 0 Å². The number of carbonyl (C=O) groups excluding carboxylic acids is 1. The molecule has 1 aromatic heterocycles. The highest BCUT2D eigenvalue weighted by Crippen LogP contribution is 2.20. The summed E-state index contributed by atoms with van der Waals surface area (Å²) in [5.74, 6) is 1.91. The van der Waals surface area contributed by atoms with Crippen LogP contribution in [0.25, 0.3) is 0 Å². The highest BCUT2D eigenvalue weighted by Gasteiger charge is 2.24. The second-order valence-electron chi connectivity index (χ2n) is 7.06. The highest BCUT2D eigenvalue weighted by molar-refractivity contribution is 5.94. The maximum Gasteiger partial charge on any atom is 0.253 e. The maximum absolute atomic E-state index is 12.7. The number of hydrogen-bond acceptors (Lipinski definition) is 5. The Morgan fingerprint density at radius 1 is 0.962 bits per heavy atom. The first-order valence-corrected chi connectivity index (χ1v) is 9.39. The molecule has 0 N–H and O–H groups in total. The molecule has 2 aromatic rings. The Balaban J connectivity index is 1.40. The van der Waals surface area contributed by atoms with Crippen molar-refractivity contribution in [3.05, 3.63) is 47.7 Å². The molecule has 2 fully saturated rings. The van der Waals surface area contributed by atoms with Gasteiger partial charge < -0.3 is 14.7 Å². The van der Waals surface area contributed by atoms with Crippen LogP contribution in [0.3, 0.4) is 0 Å². The molecule has 0 radical (unpaired) electrons. The van der Waals surface area contributed by atoms with E-state index in [4.69, 9.17) is 4.98 Å². The quantitative estimate of drug-likeness (QED) is 0.850. The number of nitrogens with zero attached hydrogens (tertiary/aromatic N) is 5. The fourth-order valence-corrected chi connectivity index (χ4v) is 3.68. The van der Waals surface area contributed by atoms with Crippen molar-refractivity contribution in [2.45, 2.75) is 19.8 Å². The number of amides is 1. The number of hydrogen-bond donors (Lipinski definition) is 0. The number of rotatable bonds is 3. The van der Waals surface area contributed by atoms with E-state index in [-0.39, 0.29) is 5.91 Å². The van der Waals surface area contributed by atoms with Crippen LogP contribution in [0.5, 0.6) is 0 Å². The number of aryl methyl sites for hydroxylation is 1. The van der Waals surface area contributed by atoms with Crippen LogP contribution >= 0.6 is 0 Å². The zero-order chi connectivity index (χ0) is 17.9. The molecule has 4 rings (SSSR count). The van der Waals surface area contributed by atoms with Gasteiger partial charge in [-0.15, -0.1) is 0 Å². The molecule has 6 nitrogen and oxygen atoms in total. The van der Waals surface area contributed by atoms with E-state index in [1.54, 1.807) is 0 Å². The van der Waals surface area contributed by atoms with Crippen LogP contribution in [0, 0.1) is 6.92 Å². The summed E-state index contributed by atoms with van der Waals surface area (Å²) in [6.45, 7) is 7.14. The monoisotopic (exact) mass is 351 g/mol. The van der Waals surface area contributed by atoms with Crippen LogP contribution in [-0.2, 0) is 0 Å². The second kappa shape index (κ2) is 7.32. The minimum atomic E-state index is 0.119. The number of anilines is 2. The Labute approximate surface area is 154 Å². The maximum atomic E-state index is 12.7. The largest absolute Gasteiger partial charge is 0.353 e. The first-order chi connectivity index (χ1) is 12.7. The summed E-state index contributed by atoms with van der Waals surface area (Å²) in [4.78, 5) is 28.3. The van der Waals surface area contributed by atoms with Crippen molar-refractivity contribution in [3.63, 3.8) is 0 Å². The fraction of sp³-hybridized carbons (Fsp3) is 0.450. The second-order valence-corrected chi connectivity index (χ2v) is 7.06. The predicted octanol–water partition coefficient (Wildman–Crippen LogP) is 2.35. The van der Waals surface area contributed by atoms with Crippen LogP contribution in [-0.4, -0.2) is 60.0 Å². The van der Waals surface area contributed by atoms with E-state index in [0.29, 0.717) is 0 Å². The van der Waals surface area contributed by atoms with E-state index in [2.05, 4.69) is 14.8 Å². The van der Waals surface area contributed by atoms with Crippen molar-refractivity contribution < 1.29 is 4.79 Å². The molecule has 0 atom stereocenters. The molecule has 2 saturated heterocycles. The third-order valence-electron chi connectivity index (χ3n) is 5.17. The van der Waals surface area contributed by atoms with Gasteiger partial charge in [-0.05, 0) is 38.0 Å². The Kier molecular flexibility index (Phi) is 4.73. The number of carbonyl (C=O) groups is 1.